The van der Waals surface area contributed by atoms with E-state index in [0.717, 1.165) is 37.0 Å². The number of fused-ring (bicyclic) bond motifs is 1. The molecule has 4 aromatic rings. The lowest BCUT2D eigenvalue weighted by Gasteiger charge is -2.34. The number of rotatable bonds is 6. The summed E-state index contributed by atoms with van der Waals surface area (Å²) in [6.45, 7) is 5.57. The van der Waals surface area contributed by atoms with Crippen LogP contribution in [0.15, 0.2) is 68.3 Å². The number of aromatic nitrogens is 2. The molecule has 2 aromatic heterocycles. The van der Waals surface area contributed by atoms with Gasteiger partial charge in [0.15, 0.2) is 0 Å². The Morgan fingerprint density at radius 1 is 1.03 bits per heavy atom. The Kier molecular flexibility index (Phi) is 6.22. The van der Waals surface area contributed by atoms with E-state index in [0.29, 0.717) is 36.8 Å². The number of hydrogen-bond acceptors (Lipinski definition) is 7. The third-order valence-corrected chi connectivity index (χ3v) is 6.17. The third-order valence-electron chi connectivity index (χ3n) is 6.17. The van der Waals surface area contributed by atoms with Crippen LogP contribution in [0.5, 0.6) is 0 Å². The summed E-state index contributed by atoms with van der Waals surface area (Å²) in [5.41, 5.74) is 2.13. The number of benzene rings is 2. The Morgan fingerprint density at radius 2 is 1.79 bits per heavy atom. The van der Waals surface area contributed by atoms with E-state index in [-0.39, 0.29) is 11.5 Å². The molecule has 2 aromatic carbocycles. The number of amides is 1. The lowest BCUT2D eigenvalue weighted by molar-refractivity contribution is 0.0631. The van der Waals surface area contributed by atoms with Crippen molar-refractivity contribution >= 4 is 16.9 Å². The van der Waals surface area contributed by atoms with Gasteiger partial charge in [-0.2, -0.15) is 4.98 Å². The number of carbonyl (C=O) groups is 1. The summed E-state index contributed by atoms with van der Waals surface area (Å²) in [4.78, 5) is 33.8. The lowest BCUT2D eigenvalue weighted by atomic mass is 10.1. The molecule has 34 heavy (non-hydrogen) atoms. The Balaban J connectivity index is 1.11. The normalized spacial score (nSPS) is 14.6. The summed E-state index contributed by atoms with van der Waals surface area (Å²) >= 11 is 0. The van der Waals surface area contributed by atoms with E-state index in [9.17, 15) is 9.59 Å². The molecule has 8 nitrogen and oxygen atoms in total. The van der Waals surface area contributed by atoms with Crippen molar-refractivity contribution in [2.45, 2.75) is 19.8 Å². The molecule has 8 heteroatoms. The fourth-order valence-electron chi connectivity index (χ4n) is 4.19. The van der Waals surface area contributed by atoms with E-state index in [1.165, 1.54) is 5.56 Å². The van der Waals surface area contributed by atoms with Crippen molar-refractivity contribution in [1.29, 1.82) is 0 Å². The summed E-state index contributed by atoms with van der Waals surface area (Å²) in [6, 6.07) is 16.9. The second-order valence-electron chi connectivity index (χ2n) is 8.60. The molecule has 3 heterocycles. The highest BCUT2D eigenvalue weighted by atomic mass is 16.5. The largest absolute Gasteiger partial charge is 0.422 e. The number of carbonyl (C=O) groups excluding carboxylic acids is 1. The second kappa shape index (κ2) is 9.61. The van der Waals surface area contributed by atoms with E-state index in [2.05, 4.69) is 15.0 Å². The van der Waals surface area contributed by atoms with Gasteiger partial charge >= 0.3 is 5.63 Å². The van der Waals surface area contributed by atoms with Crippen LogP contribution in [0.3, 0.4) is 0 Å². The van der Waals surface area contributed by atoms with Gasteiger partial charge in [0.2, 0.25) is 11.7 Å². The molecule has 0 bridgehead atoms. The molecule has 1 amide bonds. The standard InChI is InChI=1S/C26H26N4O4/c1-18-8-10-19(11-9-18)24-27-23(34-28-24)7-4-12-29-13-15-30(16-14-29)25(31)21-17-20-5-2-3-6-22(20)33-26(21)32/h2-3,5-6,8-11,17H,4,7,12-16H2,1H3. The van der Waals surface area contributed by atoms with Crippen molar-refractivity contribution in [3.8, 4) is 11.4 Å². The molecular weight excluding hydrogens is 432 g/mol. The van der Waals surface area contributed by atoms with Crippen LogP contribution in [0, 0.1) is 6.92 Å². The first-order valence-electron chi connectivity index (χ1n) is 11.5. The smallest absolute Gasteiger partial charge is 0.349 e. The first-order chi connectivity index (χ1) is 16.6. The molecule has 1 fully saturated rings. The topological polar surface area (TPSA) is 92.7 Å². The molecule has 0 N–H and O–H groups in total. The number of hydrogen-bond donors (Lipinski definition) is 0. The monoisotopic (exact) mass is 458 g/mol. The molecule has 1 aliphatic heterocycles. The maximum Gasteiger partial charge on any atom is 0.349 e. The fourth-order valence-corrected chi connectivity index (χ4v) is 4.19. The van der Waals surface area contributed by atoms with Gasteiger partial charge in [0.1, 0.15) is 11.1 Å². The van der Waals surface area contributed by atoms with E-state index in [1.54, 1.807) is 23.1 Å². The fraction of sp³-hybridized carbons (Fsp3) is 0.308. The highest BCUT2D eigenvalue weighted by molar-refractivity contribution is 5.96. The molecule has 5 rings (SSSR count). The van der Waals surface area contributed by atoms with Gasteiger partial charge in [0.25, 0.3) is 5.91 Å². The average molecular weight is 459 g/mol. The van der Waals surface area contributed by atoms with Gasteiger partial charge in [0.05, 0.1) is 0 Å². The predicted molar refractivity (Wildman–Crippen MR) is 128 cm³/mol. The Bertz CT molecular complexity index is 1350. The van der Waals surface area contributed by atoms with Gasteiger partial charge in [-0.1, -0.05) is 53.2 Å². The van der Waals surface area contributed by atoms with E-state index in [1.807, 2.05) is 43.3 Å². The van der Waals surface area contributed by atoms with Gasteiger partial charge in [-0.05, 0) is 32.0 Å². The van der Waals surface area contributed by atoms with Gasteiger partial charge in [-0.25, -0.2) is 4.79 Å². The Hall–Kier alpha value is -3.78. The zero-order valence-corrected chi connectivity index (χ0v) is 19.1. The third kappa shape index (κ3) is 4.77. The Labute approximate surface area is 196 Å². The second-order valence-corrected chi connectivity index (χ2v) is 8.60. The van der Waals surface area contributed by atoms with Crippen LogP contribution >= 0.6 is 0 Å². The Morgan fingerprint density at radius 3 is 2.59 bits per heavy atom. The van der Waals surface area contributed by atoms with Crippen molar-refractivity contribution < 1.29 is 13.7 Å². The van der Waals surface area contributed by atoms with Crippen molar-refractivity contribution in [1.82, 2.24) is 19.9 Å². The van der Waals surface area contributed by atoms with Crippen LogP contribution in [-0.4, -0.2) is 58.6 Å². The average Bonchev–Trinajstić information content (AvgIpc) is 3.33. The molecule has 0 unspecified atom stereocenters. The highest BCUT2D eigenvalue weighted by Gasteiger charge is 2.25. The number of nitrogens with zero attached hydrogens (tertiary/aromatic N) is 4. The zero-order chi connectivity index (χ0) is 23.5. The molecule has 0 atom stereocenters. The first kappa shape index (κ1) is 22.0. The summed E-state index contributed by atoms with van der Waals surface area (Å²) in [5, 5.41) is 4.83. The van der Waals surface area contributed by atoms with E-state index in [4.69, 9.17) is 8.94 Å². The van der Waals surface area contributed by atoms with Crippen LogP contribution in [0.25, 0.3) is 22.4 Å². The van der Waals surface area contributed by atoms with Crippen LogP contribution in [0.1, 0.15) is 28.2 Å². The quantitative estimate of drug-likeness (QED) is 0.408. The maximum absolute atomic E-state index is 12.9. The minimum atomic E-state index is -0.587. The van der Waals surface area contributed by atoms with Crippen LogP contribution in [-0.2, 0) is 6.42 Å². The van der Waals surface area contributed by atoms with Crippen molar-refractivity contribution in [2.75, 3.05) is 32.7 Å². The van der Waals surface area contributed by atoms with Crippen LogP contribution in [0.4, 0.5) is 0 Å². The van der Waals surface area contributed by atoms with Crippen LogP contribution in [0.2, 0.25) is 0 Å². The van der Waals surface area contributed by atoms with Gasteiger partial charge in [0, 0.05) is 43.5 Å². The molecule has 0 aliphatic carbocycles. The lowest BCUT2D eigenvalue weighted by Crippen LogP contribution is -2.49. The summed E-state index contributed by atoms with van der Waals surface area (Å²) in [7, 11) is 0. The summed E-state index contributed by atoms with van der Waals surface area (Å²) in [6.07, 6.45) is 1.59. The molecule has 0 radical (unpaired) electrons. The number of aryl methyl sites for hydroxylation is 2. The van der Waals surface area contributed by atoms with Crippen molar-refractivity contribution in [3.63, 3.8) is 0 Å². The van der Waals surface area contributed by atoms with Crippen molar-refractivity contribution in [3.05, 3.63) is 82.0 Å². The molecule has 1 aliphatic rings. The van der Waals surface area contributed by atoms with E-state index >= 15 is 0 Å². The van der Waals surface area contributed by atoms with Gasteiger partial charge in [-0.15, -0.1) is 0 Å². The first-order valence-corrected chi connectivity index (χ1v) is 11.5. The molecule has 174 valence electrons. The summed E-state index contributed by atoms with van der Waals surface area (Å²) in [5.74, 6) is 0.973. The highest BCUT2D eigenvalue weighted by Crippen LogP contribution is 2.18. The number of piperazine rings is 1. The summed E-state index contributed by atoms with van der Waals surface area (Å²) < 4.78 is 10.7. The number of para-hydroxylation sites is 1. The van der Waals surface area contributed by atoms with E-state index < -0.39 is 5.63 Å². The molecule has 1 saturated heterocycles. The molecule has 0 saturated carbocycles. The van der Waals surface area contributed by atoms with Gasteiger partial charge < -0.3 is 13.8 Å². The van der Waals surface area contributed by atoms with Crippen molar-refractivity contribution in [2.24, 2.45) is 0 Å². The molecule has 0 spiro atoms. The maximum atomic E-state index is 12.9. The van der Waals surface area contributed by atoms with Gasteiger partial charge in [-0.3, -0.25) is 9.69 Å². The zero-order valence-electron chi connectivity index (χ0n) is 19.1. The van der Waals surface area contributed by atoms with Crippen LogP contribution < -0.4 is 5.63 Å². The molecular formula is C26H26N4O4. The predicted octanol–water partition coefficient (Wildman–Crippen LogP) is 3.54. The minimum Gasteiger partial charge on any atom is -0.422 e. The minimum absolute atomic E-state index is 0.0907. The SMILES string of the molecule is Cc1ccc(-c2noc(CCCN3CCN(C(=O)c4cc5ccccc5oc4=O)CC3)n2)cc1.